The van der Waals surface area contributed by atoms with Crippen molar-refractivity contribution in [2.75, 3.05) is 4.90 Å². The number of anilines is 2. The van der Waals surface area contributed by atoms with Gasteiger partial charge < -0.3 is 9.47 Å². The number of hydrogen-bond donors (Lipinski definition) is 0. The Morgan fingerprint density at radius 3 is 2.00 bits per heavy atom. The molecule has 7 aromatic rings. The molecular weight excluding hydrogens is 701 g/mol. The molecule has 3 atom stereocenters. The minimum Gasteiger partial charge on any atom is -0.334 e. The van der Waals surface area contributed by atoms with Crippen molar-refractivity contribution in [3.05, 3.63) is 209 Å². The first-order valence-corrected chi connectivity index (χ1v) is 21.1. The summed E-state index contributed by atoms with van der Waals surface area (Å²) in [4.78, 5) is 2.56. The van der Waals surface area contributed by atoms with Crippen molar-refractivity contribution < 1.29 is 0 Å². The Bertz CT molecular complexity index is 2830. The van der Waals surface area contributed by atoms with Crippen LogP contribution in [0.1, 0.15) is 88.2 Å². The van der Waals surface area contributed by atoms with Crippen molar-refractivity contribution in [2.45, 2.75) is 71.3 Å². The lowest BCUT2D eigenvalue weighted by molar-refractivity contribution is 0.546. The van der Waals surface area contributed by atoms with Crippen LogP contribution in [-0.2, 0) is 10.8 Å². The van der Waals surface area contributed by atoms with Crippen LogP contribution < -0.4 is 4.90 Å². The molecule has 58 heavy (non-hydrogen) atoms. The molecule has 3 unspecified atom stereocenters. The maximum absolute atomic E-state index is 2.56. The van der Waals surface area contributed by atoms with Gasteiger partial charge in [0.2, 0.25) is 0 Å². The Morgan fingerprint density at radius 2 is 1.29 bits per heavy atom. The second kappa shape index (κ2) is 13.5. The fraction of sp³-hybridized carbons (Fsp3) is 0.214. The summed E-state index contributed by atoms with van der Waals surface area (Å²) in [6.45, 7) is 16.5. The zero-order chi connectivity index (χ0) is 39.9. The van der Waals surface area contributed by atoms with Crippen LogP contribution in [0.3, 0.4) is 0 Å². The van der Waals surface area contributed by atoms with Crippen molar-refractivity contribution in [1.82, 2.24) is 4.57 Å². The van der Waals surface area contributed by atoms with Gasteiger partial charge in [-0.05, 0) is 101 Å². The smallest absolute Gasteiger partial charge is 0.0508 e. The summed E-state index contributed by atoms with van der Waals surface area (Å²) < 4.78 is 2.47. The topological polar surface area (TPSA) is 8.17 Å². The molecule has 0 N–H and O–H groups in total. The van der Waals surface area contributed by atoms with Crippen molar-refractivity contribution in [2.24, 2.45) is 5.92 Å². The highest BCUT2D eigenvalue weighted by atomic mass is 15.2. The highest BCUT2D eigenvalue weighted by Crippen LogP contribution is 2.58. The van der Waals surface area contributed by atoms with E-state index in [1.807, 2.05) is 0 Å². The van der Waals surface area contributed by atoms with Crippen LogP contribution in [0.15, 0.2) is 181 Å². The standard InChI is InChI=1S/C56H52N2/c1-8-38(29-28-37(3)57-50-25-15-11-19-43(50)44-20-12-16-26-51(44)57)39-30-32-40(33-31-39)58(52-27-17-22-45-42-18-9-13-23-47(42)56(6,7)54(45)52)41-34-36(2)53-46-21-10-14-24-48(46)55(4,5)49(53)35-41/h8-37,53H,1-7H3/b29-28-,38-8+. The molecule has 0 bridgehead atoms. The quantitative estimate of drug-likeness (QED) is 0.147. The number of nitrogens with zero attached hydrogens (tertiary/aromatic N) is 2. The summed E-state index contributed by atoms with van der Waals surface area (Å²) in [5, 5.41) is 2.60. The van der Waals surface area contributed by atoms with Gasteiger partial charge in [-0.2, -0.15) is 0 Å². The van der Waals surface area contributed by atoms with Gasteiger partial charge in [-0.1, -0.05) is 174 Å². The van der Waals surface area contributed by atoms with Crippen molar-refractivity contribution >= 4 is 38.8 Å². The molecule has 1 heterocycles. The third-order valence-corrected chi connectivity index (χ3v) is 13.7. The van der Waals surface area contributed by atoms with Gasteiger partial charge >= 0.3 is 0 Å². The van der Waals surface area contributed by atoms with Crippen molar-refractivity contribution in [3.8, 4) is 11.1 Å². The van der Waals surface area contributed by atoms with Crippen LogP contribution in [-0.4, -0.2) is 4.57 Å². The molecule has 2 heteroatoms. The molecule has 0 saturated carbocycles. The normalized spacial score (nSPS) is 19.4. The summed E-state index contributed by atoms with van der Waals surface area (Å²) in [6.07, 6.45) is 12.0. The monoisotopic (exact) mass is 752 g/mol. The number of fused-ring (bicyclic) bond motifs is 9. The number of hydrogen-bond acceptors (Lipinski definition) is 1. The van der Waals surface area contributed by atoms with Crippen LogP contribution in [0, 0.1) is 5.92 Å². The van der Waals surface area contributed by atoms with Gasteiger partial charge in [0.05, 0.1) is 5.69 Å². The van der Waals surface area contributed by atoms with Gasteiger partial charge in [0.25, 0.3) is 0 Å². The summed E-state index contributed by atoms with van der Waals surface area (Å²) in [5.74, 6) is 0.730. The van der Waals surface area contributed by atoms with E-state index < -0.39 is 0 Å². The van der Waals surface area contributed by atoms with Gasteiger partial charge in [-0.15, -0.1) is 0 Å². The average Bonchev–Trinajstić information content (AvgIpc) is 3.79. The molecule has 0 saturated heterocycles. The van der Waals surface area contributed by atoms with Crippen LogP contribution >= 0.6 is 0 Å². The molecular formula is C56H52N2. The molecule has 0 amide bonds. The van der Waals surface area contributed by atoms with E-state index in [-0.39, 0.29) is 16.9 Å². The molecule has 0 fully saturated rings. The Hall–Kier alpha value is -6.12. The fourth-order valence-corrected chi connectivity index (χ4v) is 10.9. The van der Waals surface area contributed by atoms with E-state index in [0.29, 0.717) is 11.8 Å². The van der Waals surface area contributed by atoms with E-state index in [1.54, 1.807) is 0 Å². The molecule has 0 radical (unpaired) electrons. The van der Waals surface area contributed by atoms with Crippen molar-refractivity contribution in [3.63, 3.8) is 0 Å². The highest BCUT2D eigenvalue weighted by molar-refractivity contribution is 6.08. The van der Waals surface area contributed by atoms with Gasteiger partial charge in [-0.25, -0.2) is 0 Å². The number of rotatable bonds is 7. The Kier molecular flexibility index (Phi) is 8.43. The molecule has 0 aliphatic heterocycles. The van der Waals surface area contributed by atoms with E-state index in [2.05, 4.69) is 228 Å². The van der Waals surface area contributed by atoms with Crippen LogP contribution in [0.4, 0.5) is 11.4 Å². The average molecular weight is 753 g/mol. The lowest BCUT2D eigenvalue weighted by Gasteiger charge is -2.37. The van der Waals surface area contributed by atoms with E-state index in [9.17, 15) is 0 Å². The van der Waals surface area contributed by atoms with E-state index in [4.69, 9.17) is 0 Å². The molecule has 286 valence electrons. The largest absolute Gasteiger partial charge is 0.334 e. The Balaban J connectivity index is 1.06. The van der Waals surface area contributed by atoms with Crippen LogP contribution in [0.2, 0.25) is 0 Å². The van der Waals surface area contributed by atoms with Crippen molar-refractivity contribution in [1.29, 1.82) is 0 Å². The van der Waals surface area contributed by atoms with E-state index in [1.165, 1.54) is 89.0 Å². The molecule has 6 aromatic carbocycles. The lowest BCUT2D eigenvalue weighted by Crippen LogP contribution is -2.27. The van der Waals surface area contributed by atoms with Crippen LogP contribution in [0.25, 0.3) is 38.5 Å². The molecule has 3 aliphatic rings. The predicted octanol–water partition coefficient (Wildman–Crippen LogP) is 15.0. The second-order valence-corrected chi connectivity index (χ2v) is 17.7. The first-order valence-electron chi connectivity index (χ1n) is 21.1. The van der Waals surface area contributed by atoms with Gasteiger partial charge in [0.1, 0.15) is 0 Å². The minimum absolute atomic E-state index is 0.0534. The molecule has 10 rings (SSSR count). The fourth-order valence-electron chi connectivity index (χ4n) is 10.9. The molecule has 0 spiro atoms. The van der Waals surface area contributed by atoms with Crippen LogP contribution in [0.5, 0.6) is 0 Å². The zero-order valence-electron chi connectivity index (χ0n) is 34.8. The molecule has 1 aromatic heterocycles. The number of allylic oxidation sites excluding steroid dienone is 7. The maximum Gasteiger partial charge on any atom is 0.0508 e. The van der Waals surface area contributed by atoms with Gasteiger partial charge in [0, 0.05) is 56.0 Å². The molecule has 2 nitrogen and oxygen atoms in total. The lowest BCUT2D eigenvalue weighted by atomic mass is 9.74. The van der Waals surface area contributed by atoms with Gasteiger partial charge in [-0.3, -0.25) is 0 Å². The first kappa shape index (κ1) is 36.2. The Labute approximate surface area is 344 Å². The maximum atomic E-state index is 2.56. The minimum atomic E-state index is -0.157. The number of benzene rings is 6. The summed E-state index contributed by atoms with van der Waals surface area (Å²) >= 11 is 0. The predicted molar refractivity (Wildman–Crippen MR) is 247 cm³/mol. The number of aromatic nitrogens is 1. The number of para-hydroxylation sites is 2. The first-order chi connectivity index (χ1) is 28.1. The van der Waals surface area contributed by atoms with E-state index in [0.717, 1.165) is 0 Å². The second-order valence-electron chi connectivity index (χ2n) is 17.7. The summed E-state index contributed by atoms with van der Waals surface area (Å²) in [6, 6.07) is 52.0. The van der Waals surface area contributed by atoms with Gasteiger partial charge in [0.15, 0.2) is 0 Å². The molecule has 3 aliphatic carbocycles. The van der Waals surface area contributed by atoms with E-state index >= 15 is 0 Å². The third kappa shape index (κ3) is 5.38. The summed E-state index contributed by atoms with van der Waals surface area (Å²) in [7, 11) is 0. The SMILES string of the molecule is C/C=C(\C=C/C(C)n1c2ccccc2c2ccccc21)c1ccc(N(C2=CC(C)C3C(=C2)C(C)(C)c2ccccc23)c2cccc3c2C(C)(C)c2ccccc2-3)cc1. The summed E-state index contributed by atoms with van der Waals surface area (Å²) in [5.41, 5.74) is 18.3. The highest BCUT2D eigenvalue weighted by Gasteiger charge is 2.46. The zero-order valence-corrected chi connectivity index (χ0v) is 34.8. The third-order valence-electron chi connectivity index (χ3n) is 13.7. The Morgan fingerprint density at radius 1 is 0.672 bits per heavy atom.